The van der Waals surface area contributed by atoms with Gasteiger partial charge in [0.15, 0.2) is 0 Å². The van der Waals surface area contributed by atoms with Gasteiger partial charge in [0.1, 0.15) is 0 Å². The number of carboxylic acid groups (broad SMARTS) is 1. The van der Waals surface area contributed by atoms with Gasteiger partial charge in [-0.3, -0.25) is 4.79 Å². The zero-order valence-corrected chi connectivity index (χ0v) is 12.3. The first-order valence-electron chi connectivity index (χ1n) is 8.30. The summed E-state index contributed by atoms with van der Waals surface area (Å²) < 4.78 is 6.07. The van der Waals surface area contributed by atoms with Crippen LogP contribution in [0.2, 0.25) is 0 Å². The number of nitrogens with one attached hydrogen (secondary N) is 1. The summed E-state index contributed by atoms with van der Waals surface area (Å²) in [5.74, 6) is -0.753. The second kappa shape index (κ2) is 6.02. The second-order valence-electron chi connectivity index (χ2n) is 6.99. The molecule has 3 unspecified atom stereocenters. The van der Waals surface area contributed by atoms with Gasteiger partial charge in [-0.05, 0) is 44.9 Å². The van der Waals surface area contributed by atoms with Gasteiger partial charge < -0.3 is 15.2 Å². The lowest BCUT2D eigenvalue weighted by Gasteiger charge is -2.41. The van der Waals surface area contributed by atoms with E-state index in [0.29, 0.717) is 12.1 Å². The van der Waals surface area contributed by atoms with Crippen molar-refractivity contribution in [1.82, 2.24) is 5.32 Å². The molecule has 2 aliphatic carbocycles. The van der Waals surface area contributed by atoms with E-state index in [0.717, 1.165) is 45.1 Å². The molecule has 0 radical (unpaired) electrons. The molecule has 0 aromatic rings. The Bertz CT molecular complexity index is 352. The fourth-order valence-electron chi connectivity index (χ4n) is 4.44. The van der Waals surface area contributed by atoms with E-state index in [1.54, 1.807) is 0 Å². The highest BCUT2D eigenvalue weighted by atomic mass is 16.5. The normalized spacial score (nSPS) is 37.1. The molecular formula is C16H27NO3. The number of carbonyl (C=O) groups is 1. The van der Waals surface area contributed by atoms with Gasteiger partial charge in [0.25, 0.3) is 0 Å². The van der Waals surface area contributed by atoms with Gasteiger partial charge in [0, 0.05) is 18.7 Å². The van der Waals surface area contributed by atoms with Gasteiger partial charge in [-0.2, -0.15) is 0 Å². The molecule has 114 valence electrons. The van der Waals surface area contributed by atoms with Crippen LogP contribution in [-0.4, -0.2) is 35.4 Å². The van der Waals surface area contributed by atoms with Gasteiger partial charge in [0.2, 0.25) is 0 Å². The summed E-state index contributed by atoms with van der Waals surface area (Å²) >= 11 is 0. The standard InChI is InChI=1S/C16H27NO3/c18-15(19)12-4-3-5-13(10-12)17-14-6-9-20-16(11-14)7-1-2-8-16/h12-14,17H,1-11H2,(H,18,19). The molecule has 1 saturated heterocycles. The Morgan fingerprint density at radius 3 is 2.65 bits per heavy atom. The van der Waals surface area contributed by atoms with Crippen molar-refractivity contribution < 1.29 is 14.6 Å². The van der Waals surface area contributed by atoms with Crippen LogP contribution < -0.4 is 5.32 Å². The Kier molecular flexibility index (Phi) is 4.32. The Hall–Kier alpha value is -0.610. The largest absolute Gasteiger partial charge is 0.481 e. The molecule has 1 spiro atoms. The number of carboxylic acids is 1. The third kappa shape index (κ3) is 3.17. The lowest BCUT2D eigenvalue weighted by Crippen LogP contribution is -2.50. The predicted octanol–water partition coefficient (Wildman–Crippen LogP) is 2.71. The van der Waals surface area contributed by atoms with E-state index in [9.17, 15) is 9.90 Å². The first-order valence-corrected chi connectivity index (χ1v) is 8.30. The smallest absolute Gasteiger partial charge is 0.306 e. The Morgan fingerprint density at radius 2 is 1.90 bits per heavy atom. The summed E-state index contributed by atoms with van der Waals surface area (Å²) in [6.45, 7) is 0.868. The van der Waals surface area contributed by atoms with Gasteiger partial charge >= 0.3 is 5.97 Å². The molecule has 4 nitrogen and oxygen atoms in total. The molecule has 3 aliphatic rings. The highest BCUT2D eigenvalue weighted by Crippen LogP contribution is 2.40. The van der Waals surface area contributed by atoms with E-state index < -0.39 is 5.97 Å². The van der Waals surface area contributed by atoms with Crippen LogP contribution in [0.5, 0.6) is 0 Å². The van der Waals surface area contributed by atoms with Crippen LogP contribution in [0.1, 0.15) is 64.2 Å². The molecular weight excluding hydrogens is 254 g/mol. The average Bonchev–Trinajstić information content (AvgIpc) is 2.87. The molecule has 1 heterocycles. The first kappa shape index (κ1) is 14.3. The number of aliphatic carboxylic acids is 1. The predicted molar refractivity (Wildman–Crippen MR) is 76.7 cm³/mol. The van der Waals surface area contributed by atoms with Crippen LogP contribution in [0.25, 0.3) is 0 Å². The van der Waals surface area contributed by atoms with Crippen molar-refractivity contribution in [2.45, 2.75) is 81.9 Å². The molecule has 0 amide bonds. The van der Waals surface area contributed by atoms with E-state index in [1.165, 1.54) is 25.7 Å². The van der Waals surface area contributed by atoms with Crippen molar-refractivity contribution in [1.29, 1.82) is 0 Å². The fraction of sp³-hybridized carbons (Fsp3) is 0.938. The van der Waals surface area contributed by atoms with Crippen LogP contribution in [-0.2, 0) is 9.53 Å². The Morgan fingerprint density at radius 1 is 1.10 bits per heavy atom. The quantitative estimate of drug-likeness (QED) is 0.835. The van der Waals surface area contributed by atoms with Gasteiger partial charge in [-0.15, -0.1) is 0 Å². The molecule has 0 bridgehead atoms. The maximum absolute atomic E-state index is 11.1. The van der Waals surface area contributed by atoms with Crippen LogP contribution >= 0.6 is 0 Å². The molecule has 4 heteroatoms. The molecule has 3 rings (SSSR count). The molecule has 2 N–H and O–H groups in total. The molecule has 3 fully saturated rings. The van der Waals surface area contributed by atoms with Gasteiger partial charge in [0.05, 0.1) is 11.5 Å². The Balaban J connectivity index is 1.53. The number of hydrogen-bond donors (Lipinski definition) is 2. The van der Waals surface area contributed by atoms with E-state index in [4.69, 9.17) is 4.74 Å². The van der Waals surface area contributed by atoms with Crippen LogP contribution in [0, 0.1) is 5.92 Å². The zero-order valence-electron chi connectivity index (χ0n) is 12.3. The van der Waals surface area contributed by atoms with Crippen molar-refractivity contribution in [3.05, 3.63) is 0 Å². The van der Waals surface area contributed by atoms with E-state index in [2.05, 4.69) is 5.32 Å². The Labute approximate surface area is 121 Å². The molecule has 3 atom stereocenters. The lowest BCUT2D eigenvalue weighted by molar-refractivity contribution is -0.143. The number of hydrogen-bond acceptors (Lipinski definition) is 3. The third-order valence-corrected chi connectivity index (χ3v) is 5.50. The summed E-state index contributed by atoms with van der Waals surface area (Å²) in [7, 11) is 0. The van der Waals surface area contributed by atoms with Crippen molar-refractivity contribution in [2.24, 2.45) is 5.92 Å². The molecule has 0 aromatic carbocycles. The number of ether oxygens (including phenoxy) is 1. The summed E-state index contributed by atoms with van der Waals surface area (Å²) in [5.41, 5.74) is 0.150. The van der Waals surface area contributed by atoms with Crippen molar-refractivity contribution in [3.63, 3.8) is 0 Å². The van der Waals surface area contributed by atoms with Crippen LogP contribution in [0.15, 0.2) is 0 Å². The van der Waals surface area contributed by atoms with Crippen LogP contribution in [0.3, 0.4) is 0 Å². The molecule has 1 aliphatic heterocycles. The summed E-state index contributed by atoms with van der Waals surface area (Å²) in [6, 6.07) is 0.922. The summed E-state index contributed by atoms with van der Waals surface area (Å²) in [4.78, 5) is 11.1. The topological polar surface area (TPSA) is 58.6 Å². The van der Waals surface area contributed by atoms with Gasteiger partial charge in [-0.25, -0.2) is 0 Å². The van der Waals surface area contributed by atoms with Crippen molar-refractivity contribution in [3.8, 4) is 0 Å². The van der Waals surface area contributed by atoms with E-state index >= 15 is 0 Å². The average molecular weight is 281 g/mol. The number of rotatable bonds is 3. The minimum atomic E-state index is -0.615. The third-order valence-electron chi connectivity index (χ3n) is 5.50. The monoisotopic (exact) mass is 281 g/mol. The minimum absolute atomic E-state index is 0.137. The summed E-state index contributed by atoms with van der Waals surface area (Å²) in [6.07, 6.45) is 11.1. The van der Waals surface area contributed by atoms with Crippen molar-refractivity contribution in [2.75, 3.05) is 6.61 Å². The zero-order chi connectivity index (χ0) is 14.0. The highest BCUT2D eigenvalue weighted by Gasteiger charge is 2.40. The summed E-state index contributed by atoms with van der Waals surface area (Å²) in [5, 5.41) is 12.9. The van der Waals surface area contributed by atoms with Crippen LogP contribution in [0.4, 0.5) is 0 Å². The van der Waals surface area contributed by atoms with E-state index in [1.807, 2.05) is 0 Å². The molecule has 0 aromatic heterocycles. The fourth-order valence-corrected chi connectivity index (χ4v) is 4.44. The maximum Gasteiger partial charge on any atom is 0.306 e. The highest BCUT2D eigenvalue weighted by molar-refractivity contribution is 5.70. The van der Waals surface area contributed by atoms with Gasteiger partial charge in [-0.1, -0.05) is 19.3 Å². The van der Waals surface area contributed by atoms with Crippen molar-refractivity contribution >= 4 is 5.97 Å². The maximum atomic E-state index is 11.1. The molecule has 2 saturated carbocycles. The first-order chi connectivity index (χ1) is 9.67. The SMILES string of the molecule is O=C(O)C1CCCC(NC2CCOC3(CCCC3)C2)C1. The lowest BCUT2D eigenvalue weighted by atomic mass is 9.83. The molecule has 20 heavy (non-hydrogen) atoms. The second-order valence-corrected chi connectivity index (χ2v) is 6.99. The van der Waals surface area contributed by atoms with E-state index in [-0.39, 0.29) is 11.5 Å². The minimum Gasteiger partial charge on any atom is -0.481 e.